The van der Waals surface area contributed by atoms with Crippen LogP contribution in [-0.2, 0) is 20.2 Å². The third kappa shape index (κ3) is 2.88. The van der Waals surface area contributed by atoms with E-state index in [1.54, 1.807) is 0 Å². The van der Waals surface area contributed by atoms with Crippen LogP contribution < -0.4 is 0 Å². The maximum absolute atomic E-state index is 12.1. The van der Waals surface area contributed by atoms with Gasteiger partial charge in [-0.05, 0) is 51.4 Å². The summed E-state index contributed by atoms with van der Waals surface area (Å²) in [4.78, 5) is 0. The van der Waals surface area contributed by atoms with Gasteiger partial charge in [0, 0.05) is 5.92 Å². The number of rotatable bonds is 3. The molecule has 0 aliphatic heterocycles. The lowest BCUT2D eigenvalue weighted by atomic mass is 9.81. The van der Waals surface area contributed by atoms with Gasteiger partial charge in [0.25, 0.3) is 20.2 Å². The predicted octanol–water partition coefficient (Wildman–Crippen LogP) is 2.68. The molecule has 0 spiro atoms. The van der Waals surface area contributed by atoms with Crippen LogP contribution in [0.4, 0.5) is 0 Å². The summed E-state index contributed by atoms with van der Waals surface area (Å²) >= 11 is 0. The average molecular weight is 367 g/mol. The lowest BCUT2D eigenvalue weighted by Crippen LogP contribution is -2.47. The summed E-state index contributed by atoms with van der Waals surface area (Å²) in [6.07, 6.45) is 3.08. The SMILES string of the molecule is CC(C)C1=C[C@@H]2[C@@H](CC[C@@]2(C)S(=O)(=O)O)[C@@](C)(S(=O)(=O)O)CC1. The van der Waals surface area contributed by atoms with Gasteiger partial charge in [-0.25, -0.2) is 0 Å². The molecule has 0 aromatic carbocycles. The van der Waals surface area contributed by atoms with E-state index < -0.39 is 41.6 Å². The second kappa shape index (κ2) is 5.54. The van der Waals surface area contributed by atoms with Crippen LogP contribution in [0.5, 0.6) is 0 Å². The van der Waals surface area contributed by atoms with Crippen molar-refractivity contribution in [1.82, 2.24) is 0 Å². The normalized spacial score (nSPS) is 39.0. The van der Waals surface area contributed by atoms with Crippen molar-refractivity contribution < 1.29 is 25.9 Å². The molecule has 134 valence electrons. The fraction of sp³-hybridized carbons (Fsp3) is 0.867. The highest BCUT2D eigenvalue weighted by Crippen LogP contribution is 2.55. The molecule has 0 unspecified atom stereocenters. The summed E-state index contributed by atoms with van der Waals surface area (Å²) in [5.74, 6) is -1.03. The van der Waals surface area contributed by atoms with Crippen LogP contribution in [0.15, 0.2) is 11.6 Å². The first kappa shape index (κ1) is 18.9. The van der Waals surface area contributed by atoms with E-state index in [1.165, 1.54) is 13.8 Å². The number of allylic oxidation sites excluding steroid dienone is 2. The van der Waals surface area contributed by atoms with Gasteiger partial charge in [0.15, 0.2) is 0 Å². The van der Waals surface area contributed by atoms with Gasteiger partial charge in [0.2, 0.25) is 0 Å². The zero-order chi connectivity index (χ0) is 17.8. The van der Waals surface area contributed by atoms with E-state index in [9.17, 15) is 25.9 Å². The zero-order valence-corrected chi connectivity index (χ0v) is 15.6. The van der Waals surface area contributed by atoms with E-state index in [-0.39, 0.29) is 18.8 Å². The standard InChI is InChI=1S/C15H26O6S2/c1-10(2)11-5-7-14(3,22(16,17)18)12-6-8-15(4,13(12)9-11)23(19,20)21/h9-10,12-13H,5-8H2,1-4H3,(H,16,17,18)(H,19,20,21)/t12-,13-,14+,15-/m1/s1. The molecule has 2 aliphatic rings. The van der Waals surface area contributed by atoms with Crippen LogP contribution >= 0.6 is 0 Å². The van der Waals surface area contributed by atoms with Crippen LogP contribution in [0, 0.1) is 17.8 Å². The molecule has 0 heterocycles. The molecule has 0 aromatic rings. The Morgan fingerprint density at radius 1 is 1.04 bits per heavy atom. The lowest BCUT2D eigenvalue weighted by molar-refractivity contribution is 0.285. The molecule has 23 heavy (non-hydrogen) atoms. The first-order chi connectivity index (χ1) is 10.2. The van der Waals surface area contributed by atoms with Crippen molar-refractivity contribution in [3.8, 4) is 0 Å². The molecular formula is C15H26O6S2. The molecule has 0 aromatic heterocycles. The van der Waals surface area contributed by atoms with Crippen molar-refractivity contribution in [2.45, 2.75) is 62.9 Å². The molecule has 2 rings (SSSR count). The molecule has 0 amide bonds. The van der Waals surface area contributed by atoms with E-state index in [0.717, 1.165) is 5.57 Å². The molecule has 2 aliphatic carbocycles. The Kier molecular flexibility index (Phi) is 4.55. The first-order valence-corrected chi connectivity index (χ1v) is 10.8. The molecule has 6 nitrogen and oxygen atoms in total. The maximum Gasteiger partial charge on any atom is 0.270 e. The van der Waals surface area contributed by atoms with Crippen molar-refractivity contribution in [2.75, 3.05) is 0 Å². The van der Waals surface area contributed by atoms with Gasteiger partial charge in [-0.2, -0.15) is 16.8 Å². The Morgan fingerprint density at radius 3 is 2.00 bits per heavy atom. The molecule has 0 radical (unpaired) electrons. The molecule has 0 saturated heterocycles. The Hall–Kier alpha value is -0.440. The predicted molar refractivity (Wildman–Crippen MR) is 88.3 cm³/mol. The van der Waals surface area contributed by atoms with Gasteiger partial charge in [-0.15, -0.1) is 0 Å². The largest absolute Gasteiger partial charge is 0.285 e. The summed E-state index contributed by atoms with van der Waals surface area (Å²) in [5.41, 5.74) is 0.976. The van der Waals surface area contributed by atoms with Crippen molar-refractivity contribution in [2.24, 2.45) is 17.8 Å². The van der Waals surface area contributed by atoms with Crippen LogP contribution in [0.2, 0.25) is 0 Å². The van der Waals surface area contributed by atoms with Gasteiger partial charge < -0.3 is 0 Å². The molecule has 1 fully saturated rings. The Balaban J connectivity index is 2.66. The van der Waals surface area contributed by atoms with Crippen molar-refractivity contribution >= 4 is 20.2 Å². The third-order valence-corrected chi connectivity index (χ3v) is 9.44. The number of hydrogen-bond donors (Lipinski definition) is 2. The van der Waals surface area contributed by atoms with Gasteiger partial charge in [-0.3, -0.25) is 9.11 Å². The number of fused-ring (bicyclic) bond motifs is 1. The highest BCUT2D eigenvalue weighted by atomic mass is 32.2. The van der Waals surface area contributed by atoms with E-state index in [0.29, 0.717) is 12.8 Å². The van der Waals surface area contributed by atoms with Gasteiger partial charge in [0.05, 0.1) is 4.75 Å². The smallest absolute Gasteiger partial charge is 0.270 e. The highest BCUT2D eigenvalue weighted by molar-refractivity contribution is 7.87. The van der Waals surface area contributed by atoms with E-state index in [4.69, 9.17) is 0 Å². The zero-order valence-electron chi connectivity index (χ0n) is 14.0. The summed E-state index contributed by atoms with van der Waals surface area (Å²) in [6.45, 7) is 6.90. The first-order valence-electron chi connectivity index (χ1n) is 7.89. The van der Waals surface area contributed by atoms with Gasteiger partial charge in [-0.1, -0.05) is 25.5 Å². The molecule has 0 bridgehead atoms. The van der Waals surface area contributed by atoms with E-state index >= 15 is 0 Å². The van der Waals surface area contributed by atoms with Crippen LogP contribution in [-0.4, -0.2) is 35.4 Å². The van der Waals surface area contributed by atoms with Crippen molar-refractivity contribution in [3.63, 3.8) is 0 Å². The lowest BCUT2D eigenvalue weighted by Gasteiger charge is -2.36. The minimum Gasteiger partial charge on any atom is -0.285 e. The maximum atomic E-state index is 12.1. The van der Waals surface area contributed by atoms with Crippen LogP contribution in [0.25, 0.3) is 0 Å². The van der Waals surface area contributed by atoms with Crippen LogP contribution in [0.1, 0.15) is 53.4 Å². The number of hydrogen-bond acceptors (Lipinski definition) is 4. The van der Waals surface area contributed by atoms with E-state index in [1.807, 2.05) is 19.9 Å². The summed E-state index contributed by atoms with van der Waals surface area (Å²) < 4.78 is 64.8. The van der Waals surface area contributed by atoms with Gasteiger partial charge in [0.1, 0.15) is 4.75 Å². The topological polar surface area (TPSA) is 109 Å². The molecule has 4 atom stereocenters. The minimum absolute atomic E-state index is 0.144. The Bertz CT molecular complexity index is 721. The summed E-state index contributed by atoms with van der Waals surface area (Å²) in [7, 11) is -8.71. The molecule has 2 N–H and O–H groups in total. The average Bonchev–Trinajstić information content (AvgIpc) is 2.61. The quantitative estimate of drug-likeness (QED) is 0.587. The molecule has 8 heteroatoms. The fourth-order valence-electron chi connectivity index (χ4n) is 4.19. The fourth-order valence-corrected chi connectivity index (χ4v) is 6.14. The van der Waals surface area contributed by atoms with E-state index in [2.05, 4.69) is 0 Å². The Labute approximate surface area is 138 Å². The minimum atomic E-state index is -4.36. The van der Waals surface area contributed by atoms with Crippen molar-refractivity contribution in [3.05, 3.63) is 11.6 Å². The highest BCUT2D eigenvalue weighted by Gasteiger charge is 2.61. The summed E-state index contributed by atoms with van der Waals surface area (Å²) in [6, 6.07) is 0. The molecule has 1 saturated carbocycles. The second-order valence-electron chi connectivity index (χ2n) is 7.64. The Morgan fingerprint density at radius 2 is 1.57 bits per heavy atom. The second-order valence-corrected chi connectivity index (χ2v) is 11.4. The van der Waals surface area contributed by atoms with Gasteiger partial charge >= 0.3 is 0 Å². The third-order valence-electron chi connectivity index (χ3n) is 6.10. The van der Waals surface area contributed by atoms with Crippen molar-refractivity contribution in [1.29, 1.82) is 0 Å². The summed E-state index contributed by atoms with van der Waals surface area (Å²) in [5, 5.41) is 0. The monoisotopic (exact) mass is 366 g/mol. The molecular weight excluding hydrogens is 340 g/mol. The van der Waals surface area contributed by atoms with Crippen LogP contribution in [0.3, 0.4) is 0 Å².